The fraction of sp³-hybridized carbons (Fsp3) is 0.484. The zero-order chi connectivity index (χ0) is 28.7. The number of anilines is 2. The minimum Gasteiger partial charge on any atom is -0.493 e. The van der Waals surface area contributed by atoms with Crippen LogP contribution in [-0.4, -0.2) is 71.6 Å². The number of piperazine rings is 1. The number of nitrogens with one attached hydrogen (secondary N) is 2. The lowest BCUT2D eigenvalue weighted by molar-refractivity contribution is -0.122. The summed E-state index contributed by atoms with van der Waals surface area (Å²) in [6.07, 6.45) is 7.60. The zero-order valence-electron chi connectivity index (χ0n) is 23.9. The number of primary amides is 1. The molecule has 10 nitrogen and oxygen atoms in total. The molecule has 2 fully saturated rings. The topological polar surface area (TPSA) is 136 Å². The molecule has 6 rings (SSSR count). The SMILES string of the molecule is CC(C)CCOc1cc(N2CCN(C)CC2)ccc1-c1nc2ncc(C#N)c(N[C@H]3[C@@H](C(N)=O)[C@@H]4C=C[C@H]3C4)c2[nH]1. The summed E-state index contributed by atoms with van der Waals surface area (Å²) in [7, 11) is 2.15. The highest BCUT2D eigenvalue weighted by Crippen LogP contribution is 2.46. The van der Waals surface area contributed by atoms with Crippen LogP contribution in [0.25, 0.3) is 22.6 Å². The summed E-state index contributed by atoms with van der Waals surface area (Å²) in [5.74, 6) is 1.56. The van der Waals surface area contributed by atoms with Crippen molar-refractivity contribution in [3.8, 4) is 23.2 Å². The molecule has 1 aliphatic heterocycles. The Labute approximate surface area is 240 Å². The molecule has 1 aromatic carbocycles. The van der Waals surface area contributed by atoms with Crippen molar-refractivity contribution in [3.63, 3.8) is 0 Å². The van der Waals surface area contributed by atoms with Crippen LogP contribution >= 0.6 is 0 Å². The Hall–Kier alpha value is -4.10. The van der Waals surface area contributed by atoms with Gasteiger partial charge in [-0.05, 0) is 49.8 Å². The number of likely N-dealkylation sites (N-methyl/N-ethyl adjacent to an activating group) is 1. The number of pyridine rings is 1. The van der Waals surface area contributed by atoms with Gasteiger partial charge in [0.1, 0.15) is 23.2 Å². The minimum absolute atomic E-state index is 0.125. The predicted octanol–water partition coefficient (Wildman–Crippen LogP) is 3.76. The Morgan fingerprint density at radius 2 is 2.02 bits per heavy atom. The summed E-state index contributed by atoms with van der Waals surface area (Å²) in [6.45, 7) is 8.95. The molecule has 1 saturated carbocycles. The van der Waals surface area contributed by atoms with Gasteiger partial charge in [0, 0.05) is 50.2 Å². The molecule has 1 saturated heterocycles. The fourth-order valence-electron chi connectivity index (χ4n) is 6.38. The van der Waals surface area contributed by atoms with Crippen LogP contribution in [0.15, 0.2) is 36.5 Å². The van der Waals surface area contributed by atoms with Crippen molar-refractivity contribution in [2.45, 2.75) is 32.7 Å². The molecule has 3 aliphatic rings. The van der Waals surface area contributed by atoms with Gasteiger partial charge in [-0.2, -0.15) is 5.26 Å². The number of aromatic amines is 1. The van der Waals surface area contributed by atoms with E-state index < -0.39 is 0 Å². The second-order valence-electron chi connectivity index (χ2n) is 12.0. The number of amides is 1. The van der Waals surface area contributed by atoms with Gasteiger partial charge >= 0.3 is 0 Å². The molecule has 41 heavy (non-hydrogen) atoms. The fourth-order valence-corrected chi connectivity index (χ4v) is 6.38. The molecule has 4 atom stereocenters. The van der Waals surface area contributed by atoms with Crippen molar-refractivity contribution in [2.75, 3.05) is 50.1 Å². The summed E-state index contributed by atoms with van der Waals surface area (Å²) in [5, 5.41) is 13.5. The highest BCUT2D eigenvalue weighted by molar-refractivity contribution is 5.92. The van der Waals surface area contributed by atoms with Crippen LogP contribution < -0.4 is 20.7 Å². The second-order valence-corrected chi connectivity index (χ2v) is 12.0. The van der Waals surface area contributed by atoms with Crippen LogP contribution in [0.1, 0.15) is 32.3 Å². The number of H-pyrrole nitrogens is 1. The number of nitrogens with zero attached hydrogens (tertiary/aromatic N) is 5. The number of benzene rings is 1. The third-order valence-electron chi connectivity index (χ3n) is 8.78. The number of nitrogens with two attached hydrogens (primary N) is 1. The third kappa shape index (κ3) is 5.22. The van der Waals surface area contributed by atoms with Crippen LogP contribution in [-0.2, 0) is 4.79 Å². The van der Waals surface area contributed by atoms with Gasteiger partial charge in [-0.3, -0.25) is 4.79 Å². The first-order chi connectivity index (χ1) is 19.8. The Kier molecular flexibility index (Phi) is 7.30. The van der Waals surface area contributed by atoms with E-state index >= 15 is 0 Å². The number of hydrogen-bond acceptors (Lipinski definition) is 8. The number of carbonyl (C=O) groups is 1. The van der Waals surface area contributed by atoms with E-state index in [1.54, 1.807) is 0 Å². The smallest absolute Gasteiger partial charge is 0.223 e. The molecule has 2 aromatic heterocycles. The highest BCUT2D eigenvalue weighted by Gasteiger charge is 2.47. The van der Waals surface area contributed by atoms with E-state index in [2.05, 4.69) is 82.4 Å². The number of rotatable bonds is 9. The van der Waals surface area contributed by atoms with E-state index in [1.807, 2.05) is 0 Å². The zero-order valence-corrected chi connectivity index (χ0v) is 23.9. The van der Waals surface area contributed by atoms with Crippen molar-refractivity contribution < 1.29 is 9.53 Å². The largest absolute Gasteiger partial charge is 0.493 e. The van der Waals surface area contributed by atoms with Crippen LogP contribution in [0, 0.1) is 35.0 Å². The predicted molar refractivity (Wildman–Crippen MR) is 160 cm³/mol. The Bertz CT molecular complexity index is 1510. The van der Waals surface area contributed by atoms with Crippen LogP contribution in [0.5, 0.6) is 5.75 Å². The molecule has 3 aromatic rings. The molecule has 214 valence electrons. The first kappa shape index (κ1) is 27.1. The number of aromatic nitrogens is 3. The maximum atomic E-state index is 12.4. The number of carbonyl (C=O) groups excluding carboxylic acids is 1. The number of imidazole rings is 1. The van der Waals surface area contributed by atoms with Crippen LogP contribution in [0.3, 0.4) is 0 Å². The van der Waals surface area contributed by atoms with Crippen LogP contribution in [0.4, 0.5) is 11.4 Å². The van der Waals surface area contributed by atoms with E-state index in [1.165, 1.54) is 6.20 Å². The summed E-state index contributed by atoms with van der Waals surface area (Å²) < 4.78 is 6.36. The van der Waals surface area contributed by atoms with Crippen molar-refractivity contribution in [2.24, 2.45) is 29.4 Å². The molecule has 3 heterocycles. The van der Waals surface area contributed by atoms with Gasteiger partial charge in [0.15, 0.2) is 5.65 Å². The Morgan fingerprint density at radius 3 is 2.76 bits per heavy atom. The van der Waals surface area contributed by atoms with E-state index in [9.17, 15) is 10.1 Å². The third-order valence-corrected chi connectivity index (χ3v) is 8.78. The van der Waals surface area contributed by atoms with Crippen molar-refractivity contribution in [3.05, 3.63) is 42.1 Å². The standard InChI is InChI=1S/C31H38N8O2/c1-18(2)8-13-41-24-15-22(39-11-9-38(3)10-12-39)6-7-23(24)30-36-28-27(21(16-32)17-34-31(28)37-30)35-26-20-5-4-19(14-20)25(26)29(33)40/h4-7,15,17-20,25-26H,8-14H2,1-3H3,(H2,33,40)(H2,34,35,36,37)/t19-,20+,25+,26-/m1/s1. The second kappa shape index (κ2) is 11.1. The average Bonchev–Trinajstić information content (AvgIpc) is 3.68. The summed E-state index contributed by atoms with van der Waals surface area (Å²) >= 11 is 0. The van der Waals surface area contributed by atoms with Crippen molar-refractivity contribution in [1.29, 1.82) is 5.26 Å². The van der Waals surface area contributed by atoms with Gasteiger partial charge in [0.2, 0.25) is 5.91 Å². The number of fused-ring (bicyclic) bond motifs is 3. The lowest BCUT2D eigenvalue weighted by Gasteiger charge is -2.34. The Morgan fingerprint density at radius 1 is 1.24 bits per heavy atom. The van der Waals surface area contributed by atoms with E-state index in [-0.39, 0.29) is 29.7 Å². The van der Waals surface area contributed by atoms with Crippen molar-refractivity contribution >= 4 is 28.4 Å². The molecule has 4 N–H and O–H groups in total. The van der Waals surface area contributed by atoms with Crippen LogP contribution in [0.2, 0.25) is 0 Å². The van der Waals surface area contributed by atoms with Gasteiger partial charge in [0.05, 0.1) is 29.3 Å². The van der Waals surface area contributed by atoms with E-state index in [0.717, 1.165) is 56.0 Å². The number of allylic oxidation sites excluding steroid dienone is 1. The van der Waals surface area contributed by atoms with E-state index in [4.69, 9.17) is 15.5 Å². The first-order valence-electron chi connectivity index (χ1n) is 14.6. The summed E-state index contributed by atoms with van der Waals surface area (Å²) in [5.41, 5.74) is 9.89. The number of ether oxygens (including phenoxy) is 1. The van der Waals surface area contributed by atoms with Gasteiger partial charge in [-0.1, -0.05) is 26.0 Å². The average molecular weight is 555 g/mol. The normalized spacial score (nSPS) is 23.8. The minimum atomic E-state index is -0.328. The van der Waals surface area contributed by atoms with Gasteiger partial charge in [0.25, 0.3) is 0 Å². The maximum Gasteiger partial charge on any atom is 0.223 e. The molecular weight excluding hydrogens is 516 g/mol. The maximum absolute atomic E-state index is 12.4. The molecule has 1 amide bonds. The van der Waals surface area contributed by atoms with Gasteiger partial charge < -0.3 is 30.6 Å². The van der Waals surface area contributed by atoms with Gasteiger partial charge in [-0.25, -0.2) is 9.97 Å². The summed E-state index contributed by atoms with van der Waals surface area (Å²) in [4.78, 5) is 29.8. The van der Waals surface area contributed by atoms with E-state index in [0.29, 0.717) is 40.8 Å². The van der Waals surface area contributed by atoms with Gasteiger partial charge in [-0.15, -0.1) is 0 Å². The molecule has 2 bridgehead atoms. The first-order valence-corrected chi connectivity index (χ1v) is 14.6. The molecule has 0 radical (unpaired) electrons. The van der Waals surface area contributed by atoms with Crippen molar-refractivity contribution in [1.82, 2.24) is 19.9 Å². The molecular formula is C31H38N8O2. The lowest BCUT2D eigenvalue weighted by Crippen LogP contribution is -2.44. The molecule has 0 spiro atoms. The summed E-state index contributed by atoms with van der Waals surface area (Å²) in [6, 6.07) is 8.35. The molecule has 10 heteroatoms. The monoisotopic (exact) mass is 554 g/mol. The molecule has 0 unspecified atom stereocenters. The Balaban J connectivity index is 1.37. The quantitative estimate of drug-likeness (QED) is 0.340. The lowest BCUT2D eigenvalue weighted by atomic mass is 9.88. The number of hydrogen-bond donors (Lipinski definition) is 3. The molecule has 2 aliphatic carbocycles. The number of nitriles is 1. The highest BCUT2D eigenvalue weighted by atomic mass is 16.5.